The van der Waals surface area contributed by atoms with Crippen LogP contribution in [0.3, 0.4) is 0 Å². The molecule has 0 spiro atoms. The van der Waals surface area contributed by atoms with Crippen molar-refractivity contribution in [2.75, 3.05) is 7.05 Å². The summed E-state index contributed by atoms with van der Waals surface area (Å²) in [5.41, 5.74) is 3.89. The molecule has 1 aliphatic rings. The molecule has 1 N–H and O–H groups in total. The smallest absolute Gasteiger partial charge is 0.338 e. The third-order valence-electron chi connectivity index (χ3n) is 4.69. The number of benzene rings is 1. The Hall–Kier alpha value is -2.54. The number of nitrogens with zero attached hydrogens (tertiary/aromatic N) is 2. The van der Waals surface area contributed by atoms with Crippen molar-refractivity contribution in [3.63, 3.8) is 0 Å². The van der Waals surface area contributed by atoms with Crippen LogP contribution in [0.2, 0.25) is 0 Å². The molecular formula is C21H26N2O2. The van der Waals surface area contributed by atoms with Crippen LogP contribution in [0, 0.1) is 23.7 Å². The first-order valence-electron chi connectivity index (χ1n) is 8.45. The average molecular weight is 338 g/mol. The van der Waals surface area contributed by atoms with Gasteiger partial charge < -0.3 is 10.0 Å². The lowest BCUT2D eigenvalue weighted by atomic mass is 9.78. The molecule has 4 nitrogen and oxygen atoms in total. The maximum absolute atomic E-state index is 12.0. The highest BCUT2D eigenvalue weighted by atomic mass is 16.4. The van der Waals surface area contributed by atoms with Crippen LogP contribution in [0.5, 0.6) is 0 Å². The lowest BCUT2D eigenvalue weighted by Gasteiger charge is -2.39. The molecule has 1 heterocycles. The fourth-order valence-corrected chi connectivity index (χ4v) is 3.32. The van der Waals surface area contributed by atoms with E-state index in [1.807, 2.05) is 50.1 Å². The molecule has 4 heteroatoms. The SMILES string of the molecule is CC1=C(C(=O)O)C(c2ccc(C)cc2)=C(C#N)C(CC(C)(C)C)N1C. The standard InChI is InChI=1S/C21H26N2O2/c1-13-7-9-15(10-8-13)19-16(12-22)17(11-21(3,4)5)23(6)14(2)18(19)20(24)25/h7-10,17H,11H2,1-6H3,(H,24,25). The molecule has 132 valence electrons. The van der Waals surface area contributed by atoms with Gasteiger partial charge in [-0.2, -0.15) is 5.26 Å². The molecule has 25 heavy (non-hydrogen) atoms. The Kier molecular flexibility index (Phi) is 5.08. The van der Waals surface area contributed by atoms with Crippen LogP contribution in [-0.2, 0) is 4.79 Å². The fraction of sp³-hybridized carbons (Fsp3) is 0.429. The summed E-state index contributed by atoms with van der Waals surface area (Å²) < 4.78 is 0. The van der Waals surface area contributed by atoms with Gasteiger partial charge in [-0.1, -0.05) is 50.6 Å². The van der Waals surface area contributed by atoms with E-state index in [1.54, 1.807) is 0 Å². The van der Waals surface area contributed by atoms with Gasteiger partial charge in [0.1, 0.15) is 0 Å². The number of rotatable bonds is 3. The third kappa shape index (κ3) is 3.76. The van der Waals surface area contributed by atoms with E-state index < -0.39 is 5.97 Å². The Morgan fingerprint density at radius 2 is 1.80 bits per heavy atom. The second-order valence-electron chi connectivity index (χ2n) is 7.92. The van der Waals surface area contributed by atoms with E-state index >= 15 is 0 Å². The number of carboxylic acids is 1. The molecule has 0 aliphatic carbocycles. The van der Waals surface area contributed by atoms with Crippen molar-refractivity contribution in [2.24, 2.45) is 5.41 Å². The topological polar surface area (TPSA) is 64.3 Å². The summed E-state index contributed by atoms with van der Waals surface area (Å²) >= 11 is 0. The molecule has 0 aromatic heterocycles. The Bertz CT molecular complexity index is 787. The van der Waals surface area contributed by atoms with Gasteiger partial charge >= 0.3 is 5.97 Å². The summed E-state index contributed by atoms with van der Waals surface area (Å²) in [6, 6.07) is 9.88. The van der Waals surface area contributed by atoms with E-state index in [0.29, 0.717) is 16.8 Å². The number of likely N-dealkylation sites (N-methyl/N-ethyl adjacent to an activating group) is 1. The minimum Gasteiger partial charge on any atom is -0.478 e. The molecule has 1 aromatic rings. The number of carboxylic acid groups (broad SMARTS) is 1. The summed E-state index contributed by atoms with van der Waals surface area (Å²) in [6.45, 7) is 10.2. The molecule has 1 atom stereocenters. The van der Waals surface area contributed by atoms with Gasteiger partial charge in [0.15, 0.2) is 0 Å². The van der Waals surface area contributed by atoms with Crippen molar-refractivity contribution in [2.45, 2.75) is 47.1 Å². The van der Waals surface area contributed by atoms with E-state index in [4.69, 9.17) is 0 Å². The predicted molar refractivity (Wildman–Crippen MR) is 99.7 cm³/mol. The predicted octanol–water partition coefficient (Wildman–Crippen LogP) is 4.38. The van der Waals surface area contributed by atoms with Crippen molar-refractivity contribution in [1.82, 2.24) is 4.90 Å². The molecule has 0 fully saturated rings. The molecule has 1 aromatic carbocycles. The van der Waals surface area contributed by atoms with Gasteiger partial charge in [0, 0.05) is 18.3 Å². The quantitative estimate of drug-likeness (QED) is 0.888. The van der Waals surface area contributed by atoms with Crippen LogP contribution in [0.4, 0.5) is 0 Å². The summed E-state index contributed by atoms with van der Waals surface area (Å²) in [6.07, 6.45) is 0.770. The lowest BCUT2D eigenvalue weighted by molar-refractivity contribution is -0.132. The monoisotopic (exact) mass is 338 g/mol. The highest BCUT2D eigenvalue weighted by molar-refractivity contribution is 6.08. The van der Waals surface area contributed by atoms with E-state index in [-0.39, 0.29) is 17.0 Å². The zero-order valence-corrected chi connectivity index (χ0v) is 15.8. The van der Waals surface area contributed by atoms with E-state index in [9.17, 15) is 15.2 Å². The normalized spacial score (nSPS) is 18.4. The van der Waals surface area contributed by atoms with Crippen LogP contribution in [-0.4, -0.2) is 29.1 Å². The van der Waals surface area contributed by atoms with E-state index in [0.717, 1.165) is 17.5 Å². The van der Waals surface area contributed by atoms with Gasteiger partial charge in [-0.3, -0.25) is 0 Å². The number of aryl methyl sites for hydroxylation is 1. The molecule has 0 radical (unpaired) electrons. The fourth-order valence-electron chi connectivity index (χ4n) is 3.32. The summed E-state index contributed by atoms with van der Waals surface area (Å²) in [7, 11) is 1.87. The zero-order valence-electron chi connectivity index (χ0n) is 15.8. The summed E-state index contributed by atoms with van der Waals surface area (Å²) in [5.74, 6) is -0.998. The van der Waals surface area contributed by atoms with Crippen LogP contribution < -0.4 is 0 Å². The number of hydrogen-bond acceptors (Lipinski definition) is 3. The van der Waals surface area contributed by atoms with Gasteiger partial charge in [-0.25, -0.2) is 4.79 Å². The minimum atomic E-state index is -0.998. The molecule has 2 rings (SSSR count). The first kappa shape index (κ1) is 18.8. The second-order valence-corrected chi connectivity index (χ2v) is 7.92. The van der Waals surface area contributed by atoms with Crippen LogP contribution in [0.1, 0.15) is 45.2 Å². The average Bonchev–Trinajstić information content (AvgIpc) is 2.51. The van der Waals surface area contributed by atoms with Gasteiger partial charge in [0.2, 0.25) is 0 Å². The molecule has 1 unspecified atom stereocenters. The second kappa shape index (κ2) is 6.76. The molecule has 0 saturated heterocycles. The Morgan fingerprint density at radius 3 is 2.24 bits per heavy atom. The number of hydrogen-bond donors (Lipinski definition) is 1. The van der Waals surface area contributed by atoms with Gasteiger partial charge in [0.25, 0.3) is 0 Å². The van der Waals surface area contributed by atoms with Gasteiger partial charge in [-0.15, -0.1) is 0 Å². The van der Waals surface area contributed by atoms with Crippen molar-refractivity contribution in [3.8, 4) is 6.07 Å². The molecule has 0 amide bonds. The minimum absolute atomic E-state index is 0.0143. The molecule has 0 saturated carbocycles. The first-order chi connectivity index (χ1) is 11.6. The number of aliphatic carboxylic acids is 1. The van der Waals surface area contributed by atoms with Gasteiger partial charge in [0.05, 0.1) is 23.3 Å². The maximum atomic E-state index is 12.0. The zero-order chi connectivity index (χ0) is 18.9. The lowest BCUT2D eigenvalue weighted by Crippen LogP contribution is -2.39. The summed E-state index contributed by atoms with van der Waals surface area (Å²) in [5, 5.41) is 19.7. The maximum Gasteiger partial charge on any atom is 0.338 e. The van der Waals surface area contributed by atoms with E-state index in [2.05, 4.69) is 26.8 Å². The molecule has 1 aliphatic heterocycles. The first-order valence-corrected chi connectivity index (χ1v) is 8.45. The van der Waals surface area contributed by atoms with Crippen molar-refractivity contribution in [1.29, 1.82) is 5.26 Å². The number of nitriles is 1. The van der Waals surface area contributed by atoms with Crippen LogP contribution >= 0.6 is 0 Å². The van der Waals surface area contributed by atoms with Crippen LogP contribution in [0.25, 0.3) is 5.57 Å². The van der Waals surface area contributed by atoms with Gasteiger partial charge in [-0.05, 0) is 31.2 Å². The molecule has 0 bridgehead atoms. The van der Waals surface area contributed by atoms with E-state index in [1.165, 1.54) is 0 Å². The van der Waals surface area contributed by atoms with Crippen LogP contribution in [0.15, 0.2) is 41.1 Å². The highest BCUT2D eigenvalue weighted by Gasteiger charge is 2.36. The Balaban J connectivity index is 2.76. The highest BCUT2D eigenvalue weighted by Crippen LogP contribution is 2.40. The Labute approximate surface area is 150 Å². The Morgan fingerprint density at radius 1 is 1.24 bits per heavy atom. The van der Waals surface area contributed by atoms with Crippen molar-refractivity contribution in [3.05, 3.63) is 52.2 Å². The molecular weight excluding hydrogens is 312 g/mol. The number of allylic oxidation sites excluding steroid dienone is 1. The summed E-state index contributed by atoms with van der Waals surface area (Å²) in [4.78, 5) is 13.9. The third-order valence-corrected chi connectivity index (χ3v) is 4.69. The van der Waals surface area contributed by atoms with Crippen molar-refractivity contribution < 1.29 is 9.90 Å². The number of carbonyl (C=O) groups is 1. The largest absolute Gasteiger partial charge is 0.478 e. The van der Waals surface area contributed by atoms with Crippen molar-refractivity contribution >= 4 is 11.5 Å².